The van der Waals surface area contributed by atoms with Gasteiger partial charge in [-0.15, -0.1) is 0 Å². The van der Waals surface area contributed by atoms with Crippen molar-refractivity contribution in [2.24, 2.45) is 0 Å². The van der Waals surface area contributed by atoms with Crippen molar-refractivity contribution in [3.63, 3.8) is 0 Å². The highest BCUT2D eigenvalue weighted by molar-refractivity contribution is 9.10. The van der Waals surface area contributed by atoms with E-state index >= 15 is 0 Å². The normalized spacial score (nSPS) is 11.3. The molecule has 21 heavy (non-hydrogen) atoms. The average Bonchev–Trinajstić information content (AvgIpc) is 2.39. The molecule has 1 N–H and O–H groups in total. The van der Waals surface area contributed by atoms with Gasteiger partial charge >= 0.3 is 6.18 Å². The van der Waals surface area contributed by atoms with Gasteiger partial charge < -0.3 is 5.32 Å². The largest absolute Gasteiger partial charge is 0.417 e. The highest BCUT2D eigenvalue weighted by Crippen LogP contribution is 2.36. The standard InChI is InChI=1S/C14H8BrClF3NO/c15-9-3-1-2-8(6-9)13(21)20-10-4-5-12(16)11(7-10)14(17,18)19/h1-7H,(H,20,21). The summed E-state index contributed by atoms with van der Waals surface area (Å²) in [7, 11) is 0. The number of halogens is 5. The van der Waals surface area contributed by atoms with Crippen LogP contribution < -0.4 is 5.32 Å². The molecule has 2 aromatic rings. The Labute approximate surface area is 132 Å². The van der Waals surface area contributed by atoms with Crippen LogP contribution in [0.15, 0.2) is 46.9 Å². The van der Waals surface area contributed by atoms with Gasteiger partial charge in [-0.1, -0.05) is 33.6 Å². The Balaban J connectivity index is 2.26. The van der Waals surface area contributed by atoms with Gasteiger partial charge in [0.05, 0.1) is 10.6 Å². The summed E-state index contributed by atoms with van der Waals surface area (Å²) in [6.45, 7) is 0. The van der Waals surface area contributed by atoms with E-state index in [1.165, 1.54) is 6.07 Å². The Morgan fingerprint density at radius 2 is 1.86 bits per heavy atom. The van der Waals surface area contributed by atoms with Crippen LogP contribution in [0.1, 0.15) is 15.9 Å². The van der Waals surface area contributed by atoms with E-state index in [4.69, 9.17) is 11.6 Å². The molecule has 0 atom stereocenters. The van der Waals surface area contributed by atoms with Crippen molar-refractivity contribution in [2.75, 3.05) is 5.32 Å². The fraction of sp³-hybridized carbons (Fsp3) is 0.0714. The summed E-state index contributed by atoms with van der Waals surface area (Å²) in [6, 6.07) is 9.73. The van der Waals surface area contributed by atoms with E-state index in [2.05, 4.69) is 21.2 Å². The maximum Gasteiger partial charge on any atom is 0.417 e. The van der Waals surface area contributed by atoms with E-state index < -0.39 is 22.7 Å². The molecular formula is C14H8BrClF3NO. The number of rotatable bonds is 2. The first kappa shape index (κ1) is 15.9. The predicted molar refractivity (Wildman–Crippen MR) is 78.5 cm³/mol. The first-order valence-corrected chi connectivity index (χ1v) is 6.88. The van der Waals surface area contributed by atoms with Gasteiger partial charge in [0.2, 0.25) is 0 Å². The van der Waals surface area contributed by atoms with Crippen molar-refractivity contribution in [3.8, 4) is 0 Å². The van der Waals surface area contributed by atoms with Gasteiger partial charge in [-0.2, -0.15) is 13.2 Å². The molecule has 110 valence electrons. The highest BCUT2D eigenvalue weighted by Gasteiger charge is 2.33. The van der Waals surface area contributed by atoms with Crippen molar-refractivity contribution in [1.29, 1.82) is 0 Å². The predicted octanol–water partition coefficient (Wildman–Crippen LogP) is 5.37. The van der Waals surface area contributed by atoms with E-state index in [1.807, 2.05) is 0 Å². The number of amides is 1. The number of benzene rings is 2. The van der Waals surface area contributed by atoms with Crippen LogP contribution in [0.3, 0.4) is 0 Å². The Hall–Kier alpha value is -1.53. The van der Waals surface area contributed by atoms with Crippen LogP contribution in [0.2, 0.25) is 5.02 Å². The molecule has 0 heterocycles. The lowest BCUT2D eigenvalue weighted by Crippen LogP contribution is -2.13. The van der Waals surface area contributed by atoms with Crippen LogP contribution in [-0.2, 0) is 6.18 Å². The zero-order chi connectivity index (χ0) is 15.6. The topological polar surface area (TPSA) is 29.1 Å². The summed E-state index contributed by atoms with van der Waals surface area (Å²) in [4.78, 5) is 12.0. The summed E-state index contributed by atoms with van der Waals surface area (Å²) in [5, 5.41) is 1.99. The lowest BCUT2D eigenvalue weighted by molar-refractivity contribution is -0.137. The van der Waals surface area contributed by atoms with Gasteiger partial charge in [0.25, 0.3) is 5.91 Å². The van der Waals surface area contributed by atoms with E-state index in [9.17, 15) is 18.0 Å². The lowest BCUT2D eigenvalue weighted by Gasteiger charge is -2.12. The monoisotopic (exact) mass is 377 g/mol. The number of alkyl halides is 3. The summed E-state index contributed by atoms with van der Waals surface area (Å²) in [5.74, 6) is -0.508. The molecule has 0 aliphatic carbocycles. The Morgan fingerprint density at radius 3 is 2.48 bits per heavy atom. The number of hydrogen-bond acceptors (Lipinski definition) is 1. The SMILES string of the molecule is O=C(Nc1ccc(Cl)c(C(F)(F)F)c1)c1cccc(Br)c1. The number of hydrogen-bond donors (Lipinski definition) is 1. The van der Waals surface area contributed by atoms with E-state index in [0.29, 0.717) is 10.0 Å². The molecule has 0 spiro atoms. The molecule has 2 rings (SSSR count). The van der Waals surface area contributed by atoms with Gasteiger partial charge in [0, 0.05) is 15.7 Å². The second-order valence-electron chi connectivity index (χ2n) is 4.16. The molecule has 2 aromatic carbocycles. The molecule has 0 aromatic heterocycles. The first-order chi connectivity index (χ1) is 9.77. The third kappa shape index (κ3) is 3.98. The number of carbonyl (C=O) groups is 1. The summed E-state index contributed by atoms with van der Waals surface area (Å²) >= 11 is 8.73. The van der Waals surface area contributed by atoms with E-state index in [1.54, 1.807) is 24.3 Å². The molecule has 0 bridgehead atoms. The second kappa shape index (κ2) is 6.07. The third-order valence-electron chi connectivity index (χ3n) is 2.62. The molecule has 0 unspecified atom stereocenters. The average molecular weight is 379 g/mol. The van der Waals surface area contributed by atoms with Crippen LogP contribution in [0.25, 0.3) is 0 Å². The minimum absolute atomic E-state index is 0.0247. The van der Waals surface area contributed by atoms with Crippen molar-refractivity contribution in [2.45, 2.75) is 6.18 Å². The molecule has 0 aliphatic rings. The van der Waals surface area contributed by atoms with Crippen molar-refractivity contribution in [1.82, 2.24) is 0 Å². The molecule has 1 amide bonds. The molecule has 2 nitrogen and oxygen atoms in total. The Morgan fingerprint density at radius 1 is 1.14 bits per heavy atom. The fourth-order valence-corrected chi connectivity index (χ4v) is 2.28. The van der Waals surface area contributed by atoms with Crippen LogP contribution in [0.5, 0.6) is 0 Å². The van der Waals surface area contributed by atoms with Gasteiger partial charge in [-0.05, 0) is 36.4 Å². The zero-order valence-corrected chi connectivity index (χ0v) is 12.7. The number of anilines is 1. The minimum Gasteiger partial charge on any atom is -0.322 e. The number of nitrogens with one attached hydrogen (secondary N) is 1. The van der Waals surface area contributed by atoms with Crippen LogP contribution >= 0.6 is 27.5 Å². The van der Waals surface area contributed by atoms with Crippen LogP contribution in [-0.4, -0.2) is 5.91 Å². The molecule has 0 saturated carbocycles. The van der Waals surface area contributed by atoms with Crippen LogP contribution in [0.4, 0.5) is 18.9 Å². The quantitative estimate of drug-likeness (QED) is 0.747. The van der Waals surface area contributed by atoms with Gasteiger partial charge in [-0.3, -0.25) is 4.79 Å². The maximum absolute atomic E-state index is 12.7. The lowest BCUT2D eigenvalue weighted by atomic mass is 10.1. The minimum atomic E-state index is -4.58. The van der Waals surface area contributed by atoms with Crippen LogP contribution in [0, 0.1) is 0 Å². The zero-order valence-electron chi connectivity index (χ0n) is 10.3. The third-order valence-corrected chi connectivity index (χ3v) is 3.44. The van der Waals surface area contributed by atoms with Gasteiger partial charge in [0.1, 0.15) is 0 Å². The summed E-state index contributed by atoms with van der Waals surface area (Å²) in [5.41, 5.74) is -0.638. The maximum atomic E-state index is 12.7. The second-order valence-corrected chi connectivity index (χ2v) is 5.48. The Bertz CT molecular complexity index is 688. The molecule has 0 aliphatic heterocycles. The smallest absolute Gasteiger partial charge is 0.322 e. The number of carbonyl (C=O) groups excluding carboxylic acids is 1. The Kier molecular flexibility index (Phi) is 4.58. The van der Waals surface area contributed by atoms with Gasteiger partial charge in [0.15, 0.2) is 0 Å². The first-order valence-electron chi connectivity index (χ1n) is 5.71. The van der Waals surface area contributed by atoms with Crippen molar-refractivity contribution >= 4 is 39.1 Å². The molecule has 0 fully saturated rings. The van der Waals surface area contributed by atoms with Gasteiger partial charge in [-0.25, -0.2) is 0 Å². The van der Waals surface area contributed by atoms with E-state index in [-0.39, 0.29) is 5.69 Å². The summed E-state index contributed by atoms with van der Waals surface area (Å²) < 4.78 is 38.9. The van der Waals surface area contributed by atoms with Crippen molar-refractivity contribution < 1.29 is 18.0 Å². The summed E-state index contributed by atoms with van der Waals surface area (Å²) in [6.07, 6.45) is -4.58. The highest BCUT2D eigenvalue weighted by atomic mass is 79.9. The molecular weight excluding hydrogens is 371 g/mol. The van der Waals surface area contributed by atoms with Crippen molar-refractivity contribution in [3.05, 3.63) is 63.1 Å². The molecule has 0 saturated heterocycles. The molecule has 0 radical (unpaired) electrons. The fourth-order valence-electron chi connectivity index (χ4n) is 1.65. The van der Waals surface area contributed by atoms with E-state index in [0.717, 1.165) is 12.1 Å². The molecule has 7 heteroatoms.